The van der Waals surface area contributed by atoms with Gasteiger partial charge in [-0.3, -0.25) is 4.79 Å². The Bertz CT molecular complexity index is 517. The molecule has 0 aliphatic carbocycles. The summed E-state index contributed by atoms with van der Waals surface area (Å²) >= 11 is 0. The summed E-state index contributed by atoms with van der Waals surface area (Å²) in [5.41, 5.74) is 4.51. The van der Waals surface area contributed by atoms with Crippen molar-refractivity contribution in [2.45, 2.75) is 31.7 Å². The average molecular weight is 288 g/mol. The second-order valence-electron chi connectivity index (χ2n) is 4.76. The van der Waals surface area contributed by atoms with E-state index >= 15 is 0 Å². The van der Waals surface area contributed by atoms with Crippen LogP contribution >= 0.6 is 0 Å². The molecule has 1 saturated heterocycles. The van der Waals surface area contributed by atoms with Crippen molar-refractivity contribution >= 4 is 11.6 Å². The van der Waals surface area contributed by atoms with E-state index in [1.807, 2.05) is 0 Å². The number of primary amides is 1. The molecule has 1 atom stereocenters. The first kappa shape index (κ1) is 14.6. The van der Waals surface area contributed by atoms with Crippen LogP contribution in [0.1, 0.15) is 24.0 Å². The van der Waals surface area contributed by atoms with Gasteiger partial charge in [0, 0.05) is 12.2 Å². The van der Waals surface area contributed by atoms with Crippen molar-refractivity contribution in [2.75, 3.05) is 11.4 Å². The fraction of sp³-hybridized carbons (Fsp3) is 0.462. The zero-order chi connectivity index (χ0) is 14.9. The minimum absolute atomic E-state index is 0.0593. The third-order valence-electron chi connectivity index (χ3n) is 3.44. The Kier molecular flexibility index (Phi) is 3.89. The topological polar surface area (TPSA) is 66.6 Å². The molecule has 3 N–H and O–H groups in total. The maximum Gasteiger partial charge on any atom is 0.418 e. The largest absolute Gasteiger partial charge is 0.418 e. The summed E-state index contributed by atoms with van der Waals surface area (Å²) in [4.78, 5) is 12.7. The Labute approximate surface area is 114 Å². The molecule has 0 spiro atoms. The second-order valence-corrected chi connectivity index (χ2v) is 4.76. The van der Waals surface area contributed by atoms with E-state index in [2.05, 4.69) is 0 Å². The van der Waals surface area contributed by atoms with Gasteiger partial charge in [0.15, 0.2) is 0 Å². The third-order valence-corrected chi connectivity index (χ3v) is 3.44. The van der Waals surface area contributed by atoms with Gasteiger partial charge in [-0.05, 0) is 30.5 Å². The van der Waals surface area contributed by atoms with Gasteiger partial charge in [-0.2, -0.15) is 13.2 Å². The van der Waals surface area contributed by atoms with Crippen LogP contribution in [0.3, 0.4) is 0 Å². The van der Waals surface area contributed by atoms with Crippen LogP contribution in [-0.2, 0) is 17.6 Å². The van der Waals surface area contributed by atoms with Crippen LogP contribution in [-0.4, -0.2) is 23.6 Å². The number of carbonyl (C=O) groups is 1. The molecular weight excluding hydrogens is 273 g/mol. The zero-order valence-electron chi connectivity index (χ0n) is 10.7. The van der Waals surface area contributed by atoms with E-state index in [1.165, 1.54) is 17.0 Å². The minimum atomic E-state index is -4.55. The summed E-state index contributed by atoms with van der Waals surface area (Å²) in [5, 5.41) is 8.97. The number of benzene rings is 1. The van der Waals surface area contributed by atoms with Gasteiger partial charge in [0.05, 0.1) is 12.2 Å². The van der Waals surface area contributed by atoms with Crippen molar-refractivity contribution in [3.05, 3.63) is 29.3 Å². The predicted molar refractivity (Wildman–Crippen MR) is 66.9 cm³/mol. The van der Waals surface area contributed by atoms with Gasteiger partial charge in [0.1, 0.15) is 6.04 Å². The van der Waals surface area contributed by atoms with Crippen LogP contribution in [0, 0.1) is 0 Å². The highest BCUT2D eigenvalue weighted by molar-refractivity contribution is 5.84. The first-order valence-electron chi connectivity index (χ1n) is 6.21. The fourth-order valence-corrected chi connectivity index (χ4v) is 2.51. The van der Waals surface area contributed by atoms with Crippen molar-refractivity contribution in [2.24, 2.45) is 5.73 Å². The monoisotopic (exact) mass is 288 g/mol. The molecule has 0 bridgehead atoms. The van der Waals surface area contributed by atoms with E-state index in [-0.39, 0.29) is 11.3 Å². The van der Waals surface area contributed by atoms with Crippen LogP contribution in [0.4, 0.5) is 18.9 Å². The number of aliphatic hydroxyl groups excluding tert-OH is 1. The van der Waals surface area contributed by atoms with Gasteiger partial charge in [0.2, 0.25) is 5.91 Å². The number of carbonyl (C=O) groups excluding carboxylic acids is 1. The van der Waals surface area contributed by atoms with Gasteiger partial charge >= 0.3 is 6.18 Å². The summed E-state index contributed by atoms with van der Waals surface area (Å²) in [6.07, 6.45) is -3.48. The lowest BCUT2D eigenvalue weighted by Gasteiger charge is -2.27. The molecule has 1 unspecified atom stereocenters. The maximum absolute atomic E-state index is 13.1. The normalized spacial score (nSPS) is 19.4. The summed E-state index contributed by atoms with van der Waals surface area (Å²) in [6.45, 7) is -0.113. The first-order chi connectivity index (χ1) is 9.34. The predicted octanol–water partition coefficient (Wildman–Crippen LogP) is 1.65. The van der Waals surface area contributed by atoms with Crippen molar-refractivity contribution in [3.8, 4) is 0 Å². The summed E-state index contributed by atoms with van der Waals surface area (Å²) < 4.78 is 39.4. The highest BCUT2D eigenvalue weighted by Crippen LogP contribution is 2.39. The number of nitrogens with two attached hydrogens (primary N) is 1. The van der Waals surface area contributed by atoms with Crippen molar-refractivity contribution < 1.29 is 23.1 Å². The smallest absolute Gasteiger partial charge is 0.392 e. The molecule has 1 aromatic rings. The number of aliphatic hydroxyl groups is 1. The highest BCUT2D eigenvalue weighted by Gasteiger charge is 2.38. The molecule has 0 radical (unpaired) electrons. The average Bonchev–Trinajstić information content (AvgIpc) is 2.86. The Morgan fingerprint density at radius 2 is 2.15 bits per heavy atom. The van der Waals surface area contributed by atoms with E-state index in [0.717, 1.165) is 6.07 Å². The first-order valence-corrected chi connectivity index (χ1v) is 6.21. The summed E-state index contributed by atoms with van der Waals surface area (Å²) in [6, 6.07) is 2.90. The van der Waals surface area contributed by atoms with E-state index < -0.39 is 30.3 Å². The Balaban J connectivity index is 2.48. The molecule has 0 aromatic heterocycles. The summed E-state index contributed by atoms with van der Waals surface area (Å²) in [7, 11) is 0. The molecule has 0 saturated carbocycles. The minimum Gasteiger partial charge on any atom is -0.392 e. The fourth-order valence-electron chi connectivity index (χ4n) is 2.51. The van der Waals surface area contributed by atoms with Gasteiger partial charge in [-0.25, -0.2) is 0 Å². The molecule has 1 aliphatic heterocycles. The van der Waals surface area contributed by atoms with E-state index in [1.54, 1.807) is 0 Å². The standard InChI is InChI=1S/C13H15F3N2O2/c14-13(15,16)9-6-8(7-19)3-4-10(9)18-5-1-2-11(18)12(17)20/h3-4,6,11,19H,1-2,5,7H2,(H2,17,20). The molecule has 110 valence electrons. The molecule has 4 nitrogen and oxygen atoms in total. The Morgan fingerprint density at radius 1 is 1.45 bits per heavy atom. The second kappa shape index (κ2) is 5.32. The molecule has 2 rings (SSSR count). The number of nitrogens with zero attached hydrogens (tertiary/aromatic N) is 1. The molecule has 1 amide bonds. The zero-order valence-corrected chi connectivity index (χ0v) is 10.7. The lowest BCUT2D eigenvalue weighted by molar-refractivity contribution is -0.137. The number of hydrogen-bond acceptors (Lipinski definition) is 3. The lowest BCUT2D eigenvalue weighted by Crippen LogP contribution is -2.41. The van der Waals surface area contributed by atoms with Gasteiger partial charge in [-0.1, -0.05) is 6.07 Å². The van der Waals surface area contributed by atoms with Crippen molar-refractivity contribution in [3.63, 3.8) is 0 Å². The molecule has 1 heterocycles. The molecule has 1 aliphatic rings. The van der Waals surface area contributed by atoms with Crippen LogP contribution in [0.25, 0.3) is 0 Å². The van der Waals surface area contributed by atoms with Gasteiger partial charge < -0.3 is 15.7 Å². The SMILES string of the molecule is NC(=O)C1CCCN1c1ccc(CO)cc1C(F)(F)F. The molecular formula is C13H15F3N2O2. The van der Waals surface area contributed by atoms with Gasteiger partial charge in [-0.15, -0.1) is 0 Å². The number of amides is 1. The van der Waals surface area contributed by atoms with Crippen molar-refractivity contribution in [1.82, 2.24) is 0 Å². The number of alkyl halides is 3. The third kappa shape index (κ3) is 2.72. The Morgan fingerprint density at radius 3 is 2.70 bits per heavy atom. The number of rotatable bonds is 3. The molecule has 20 heavy (non-hydrogen) atoms. The number of halogens is 3. The highest BCUT2D eigenvalue weighted by atomic mass is 19.4. The van der Waals surface area contributed by atoms with Crippen LogP contribution in [0.5, 0.6) is 0 Å². The number of anilines is 1. The van der Waals surface area contributed by atoms with E-state index in [4.69, 9.17) is 10.8 Å². The lowest BCUT2D eigenvalue weighted by atomic mass is 10.1. The van der Waals surface area contributed by atoms with Crippen molar-refractivity contribution in [1.29, 1.82) is 0 Å². The van der Waals surface area contributed by atoms with E-state index in [9.17, 15) is 18.0 Å². The molecule has 7 heteroatoms. The van der Waals surface area contributed by atoms with Crippen LogP contribution in [0.2, 0.25) is 0 Å². The molecule has 1 aromatic carbocycles. The van der Waals surface area contributed by atoms with Crippen LogP contribution < -0.4 is 10.6 Å². The van der Waals surface area contributed by atoms with E-state index in [0.29, 0.717) is 19.4 Å². The summed E-state index contributed by atoms with van der Waals surface area (Å²) in [5.74, 6) is -0.623. The maximum atomic E-state index is 13.1. The number of hydrogen-bond donors (Lipinski definition) is 2. The van der Waals surface area contributed by atoms with Crippen LogP contribution in [0.15, 0.2) is 18.2 Å². The Hall–Kier alpha value is -1.76. The molecule has 1 fully saturated rings. The van der Waals surface area contributed by atoms with Gasteiger partial charge in [0.25, 0.3) is 0 Å². The quantitative estimate of drug-likeness (QED) is 0.888.